The quantitative estimate of drug-likeness (QED) is 0.841. The van der Waals surface area contributed by atoms with E-state index in [-0.39, 0.29) is 0 Å². The summed E-state index contributed by atoms with van der Waals surface area (Å²) in [6.45, 7) is 10.2. The Labute approximate surface area is 107 Å². The zero-order valence-corrected chi connectivity index (χ0v) is 12.0. The van der Waals surface area contributed by atoms with Crippen molar-refractivity contribution in [2.24, 2.45) is 0 Å². The van der Waals surface area contributed by atoms with Crippen LogP contribution in [0.1, 0.15) is 31.1 Å². The molecule has 0 saturated heterocycles. The normalized spacial score (nSPS) is 10.5. The highest BCUT2D eigenvalue weighted by Gasteiger charge is 2.09. The first-order valence-corrected chi connectivity index (χ1v) is 6.91. The Kier molecular flexibility index (Phi) is 5.28. The van der Waals surface area contributed by atoms with Crippen LogP contribution in [0.15, 0.2) is 0 Å². The topological polar surface area (TPSA) is 31.9 Å². The summed E-state index contributed by atoms with van der Waals surface area (Å²) in [5.74, 6) is 1.83. The number of aromatic amines is 1. The number of thioether (sulfide) groups is 1. The third-order valence-electron chi connectivity index (χ3n) is 2.46. The molecule has 3 nitrogen and oxygen atoms in total. The lowest BCUT2D eigenvalue weighted by atomic mass is 10.4. The van der Waals surface area contributed by atoms with Gasteiger partial charge in [-0.15, -0.1) is 0 Å². The highest BCUT2D eigenvalue weighted by atomic mass is 32.2. The molecule has 0 unspecified atom stereocenters. The van der Waals surface area contributed by atoms with Crippen molar-refractivity contribution in [1.82, 2.24) is 14.9 Å². The van der Waals surface area contributed by atoms with E-state index in [0.717, 1.165) is 40.4 Å². The second-order valence-corrected chi connectivity index (χ2v) is 5.23. The SMILES string of the molecule is CCN(CC)C(=S)SCc1nc(C)[nH]c1C. The van der Waals surface area contributed by atoms with Gasteiger partial charge in [-0.2, -0.15) is 0 Å². The summed E-state index contributed by atoms with van der Waals surface area (Å²) >= 11 is 7.06. The van der Waals surface area contributed by atoms with E-state index in [1.165, 1.54) is 0 Å². The van der Waals surface area contributed by atoms with Crippen LogP contribution in [0.4, 0.5) is 0 Å². The number of hydrogen-bond acceptors (Lipinski definition) is 3. The van der Waals surface area contributed by atoms with Gasteiger partial charge < -0.3 is 9.88 Å². The molecule has 1 rings (SSSR count). The number of imidazole rings is 1. The van der Waals surface area contributed by atoms with E-state index in [1.807, 2.05) is 6.92 Å². The van der Waals surface area contributed by atoms with Gasteiger partial charge in [-0.25, -0.2) is 4.98 Å². The maximum Gasteiger partial charge on any atom is 0.136 e. The van der Waals surface area contributed by atoms with E-state index in [1.54, 1.807) is 11.8 Å². The van der Waals surface area contributed by atoms with Crippen LogP contribution in [0.5, 0.6) is 0 Å². The fourth-order valence-corrected chi connectivity index (χ4v) is 2.92. The third-order valence-corrected chi connectivity index (χ3v) is 3.99. The molecule has 0 saturated carbocycles. The number of aryl methyl sites for hydroxylation is 2. The van der Waals surface area contributed by atoms with Crippen molar-refractivity contribution in [3.63, 3.8) is 0 Å². The molecule has 1 N–H and O–H groups in total. The molecule has 0 aromatic carbocycles. The Morgan fingerprint density at radius 1 is 1.38 bits per heavy atom. The van der Waals surface area contributed by atoms with Gasteiger partial charge in [0.1, 0.15) is 10.1 Å². The Bertz CT molecular complexity index is 356. The zero-order valence-electron chi connectivity index (χ0n) is 10.3. The number of hydrogen-bond donors (Lipinski definition) is 1. The van der Waals surface area contributed by atoms with Gasteiger partial charge in [-0.1, -0.05) is 24.0 Å². The van der Waals surface area contributed by atoms with Crippen LogP contribution in [0.25, 0.3) is 0 Å². The summed E-state index contributed by atoms with van der Waals surface area (Å²) in [4.78, 5) is 9.84. The average Bonchev–Trinajstić information content (AvgIpc) is 2.56. The molecule has 0 radical (unpaired) electrons. The smallest absolute Gasteiger partial charge is 0.136 e. The summed E-state index contributed by atoms with van der Waals surface area (Å²) in [5.41, 5.74) is 2.25. The molecule has 5 heteroatoms. The van der Waals surface area contributed by atoms with Crippen LogP contribution >= 0.6 is 24.0 Å². The molecule has 1 aromatic heterocycles. The lowest BCUT2D eigenvalue weighted by molar-refractivity contribution is 0.482. The number of thiocarbonyl (C=S) groups is 1. The number of nitrogens with one attached hydrogen (secondary N) is 1. The number of rotatable bonds is 4. The van der Waals surface area contributed by atoms with Crippen molar-refractivity contribution in [2.75, 3.05) is 13.1 Å². The van der Waals surface area contributed by atoms with Gasteiger partial charge in [0.15, 0.2) is 0 Å². The second-order valence-electron chi connectivity index (χ2n) is 3.62. The summed E-state index contributed by atoms with van der Waals surface area (Å²) in [7, 11) is 0. The van der Waals surface area contributed by atoms with E-state index >= 15 is 0 Å². The van der Waals surface area contributed by atoms with Crippen LogP contribution in [-0.2, 0) is 5.75 Å². The number of aromatic nitrogens is 2. The molecule has 0 aliphatic rings. The number of nitrogens with zero attached hydrogens (tertiary/aromatic N) is 2. The minimum Gasteiger partial charge on any atom is -0.358 e. The lowest BCUT2D eigenvalue weighted by Crippen LogP contribution is -2.26. The Hall–Kier alpha value is -0.550. The molecule has 90 valence electrons. The van der Waals surface area contributed by atoms with Gasteiger partial charge >= 0.3 is 0 Å². The first kappa shape index (κ1) is 13.5. The minimum atomic E-state index is 0.853. The van der Waals surface area contributed by atoms with E-state index in [0.29, 0.717) is 0 Å². The molecule has 1 heterocycles. The van der Waals surface area contributed by atoms with Crippen LogP contribution in [-0.4, -0.2) is 32.3 Å². The van der Waals surface area contributed by atoms with Crippen molar-refractivity contribution in [2.45, 2.75) is 33.4 Å². The van der Waals surface area contributed by atoms with Crippen LogP contribution in [0.2, 0.25) is 0 Å². The summed E-state index contributed by atoms with van der Waals surface area (Å²) < 4.78 is 0.963. The van der Waals surface area contributed by atoms with Crippen molar-refractivity contribution in [3.8, 4) is 0 Å². The highest BCUT2D eigenvalue weighted by Crippen LogP contribution is 2.17. The predicted molar refractivity (Wildman–Crippen MR) is 74.9 cm³/mol. The largest absolute Gasteiger partial charge is 0.358 e. The summed E-state index contributed by atoms with van der Waals surface area (Å²) in [5, 5.41) is 0. The Morgan fingerprint density at radius 3 is 2.44 bits per heavy atom. The molecular formula is C11H19N3S2. The summed E-state index contributed by atoms with van der Waals surface area (Å²) in [6, 6.07) is 0. The lowest BCUT2D eigenvalue weighted by Gasteiger charge is -2.20. The Balaban J connectivity index is 2.51. The first-order valence-electron chi connectivity index (χ1n) is 5.52. The molecule has 1 aromatic rings. The molecule has 16 heavy (non-hydrogen) atoms. The van der Waals surface area contributed by atoms with Crippen LogP contribution in [0.3, 0.4) is 0 Å². The van der Waals surface area contributed by atoms with E-state index < -0.39 is 0 Å². The molecule has 0 bridgehead atoms. The van der Waals surface area contributed by atoms with E-state index in [4.69, 9.17) is 12.2 Å². The second kappa shape index (κ2) is 6.25. The fraction of sp³-hybridized carbons (Fsp3) is 0.636. The van der Waals surface area contributed by atoms with Gasteiger partial charge in [0, 0.05) is 24.5 Å². The maximum atomic E-state index is 5.37. The van der Waals surface area contributed by atoms with Gasteiger partial charge in [0.25, 0.3) is 0 Å². The monoisotopic (exact) mass is 257 g/mol. The molecule has 0 aliphatic carbocycles. The standard InChI is InChI=1S/C11H19N3S2/c1-5-14(6-2)11(15)16-7-10-8(3)12-9(4)13-10/h5-7H2,1-4H3,(H,12,13). The molecule has 0 amide bonds. The van der Waals surface area contributed by atoms with Gasteiger partial charge in [-0.3, -0.25) is 0 Å². The average molecular weight is 257 g/mol. The summed E-state index contributed by atoms with van der Waals surface area (Å²) in [6.07, 6.45) is 0. The van der Waals surface area contributed by atoms with Crippen LogP contribution in [0, 0.1) is 13.8 Å². The van der Waals surface area contributed by atoms with Crippen molar-refractivity contribution < 1.29 is 0 Å². The van der Waals surface area contributed by atoms with Crippen molar-refractivity contribution >= 4 is 28.3 Å². The van der Waals surface area contributed by atoms with Gasteiger partial charge in [-0.05, 0) is 27.7 Å². The zero-order chi connectivity index (χ0) is 12.1. The molecule has 0 aliphatic heterocycles. The maximum absolute atomic E-state index is 5.37. The third kappa shape index (κ3) is 3.49. The molecule has 0 atom stereocenters. The molecule has 0 spiro atoms. The fourth-order valence-electron chi connectivity index (χ4n) is 1.50. The van der Waals surface area contributed by atoms with Gasteiger partial charge in [0.2, 0.25) is 0 Å². The highest BCUT2D eigenvalue weighted by molar-refractivity contribution is 8.22. The van der Waals surface area contributed by atoms with Crippen LogP contribution < -0.4 is 0 Å². The number of H-pyrrole nitrogens is 1. The molecular weight excluding hydrogens is 238 g/mol. The van der Waals surface area contributed by atoms with E-state index in [9.17, 15) is 0 Å². The van der Waals surface area contributed by atoms with Crippen molar-refractivity contribution in [3.05, 3.63) is 17.2 Å². The van der Waals surface area contributed by atoms with Crippen molar-refractivity contribution in [1.29, 1.82) is 0 Å². The predicted octanol–water partition coefficient (Wildman–Crippen LogP) is 2.89. The first-order chi connectivity index (χ1) is 7.58. The molecule has 0 fully saturated rings. The van der Waals surface area contributed by atoms with E-state index in [2.05, 4.69) is 35.6 Å². The minimum absolute atomic E-state index is 0.853. The van der Waals surface area contributed by atoms with Gasteiger partial charge in [0.05, 0.1) is 5.69 Å². The Morgan fingerprint density at radius 2 is 2.00 bits per heavy atom.